The minimum Gasteiger partial charge on any atom is -0.439 e. The normalized spacial score (nSPS) is 11.0. The van der Waals surface area contributed by atoms with Gasteiger partial charge in [0.25, 0.3) is 0 Å². The fraction of sp³-hybridized carbons (Fsp3) is 0.133. The predicted molar refractivity (Wildman–Crippen MR) is 77.3 cm³/mol. The second kappa shape index (κ2) is 4.94. The fourth-order valence-corrected chi connectivity index (χ4v) is 2.28. The van der Waals surface area contributed by atoms with Gasteiger partial charge in [-0.1, -0.05) is 29.8 Å². The first-order valence-corrected chi connectivity index (χ1v) is 6.48. The van der Waals surface area contributed by atoms with Gasteiger partial charge in [-0.15, -0.1) is 0 Å². The lowest BCUT2D eigenvalue weighted by Crippen LogP contribution is -1.93. The van der Waals surface area contributed by atoms with Crippen LogP contribution in [0, 0.1) is 0 Å². The second-order valence-corrected chi connectivity index (χ2v) is 4.85. The van der Waals surface area contributed by atoms with E-state index in [0.29, 0.717) is 16.5 Å². The minimum absolute atomic E-state index is 0.597. The first-order chi connectivity index (χ1) is 9.22. The highest BCUT2D eigenvalue weighted by atomic mass is 35.5. The first-order valence-electron chi connectivity index (χ1n) is 6.11. The molecule has 0 aliphatic carbocycles. The zero-order valence-corrected chi connectivity index (χ0v) is 11.0. The zero-order chi connectivity index (χ0) is 13.2. The van der Waals surface area contributed by atoms with Crippen LogP contribution in [0.2, 0.25) is 5.02 Å². The third kappa shape index (κ3) is 2.56. The quantitative estimate of drug-likeness (QED) is 0.737. The number of aromatic nitrogens is 1. The number of aryl methyl sites for hydroxylation is 2. The van der Waals surface area contributed by atoms with E-state index in [-0.39, 0.29) is 0 Å². The van der Waals surface area contributed by atoms with Gasteiger partial charge < -0.3 is 10.2 Å². The molecule has 0 saturated carbocycles. The smallest absolute Gasteiger partial charge is 0.195 e. The van der Waals surface area contributed by atoms with Crippen molar-refractivity contribution in [3.05, 3.63) is 58.9 Å². The lowest BCUT2D eigenvalue weighted by molar-refractivity contribution is 0.528. The molecule has 3 nitrogen and oxygen atoms in total. The molecule has 3 rings (SSSR count). The summed E-state index contributed by atoms with van der Waals surface area (Å²) in [5.41, 5.74) is 9.16. The summed E-state index contributed by atoms with van der Waals surface area (Å²) in [6.45, 7) is 0. The van der Waals surface area contributed by atoms with E-state index in [1.54, 1.807) is 6.07 Å². The van der Waals surface area contributed by atoms with Crippen LogP contribution in [0.4, 0.5) is 5.69 Å². The molecule has 1 heterocycles. The van der Waals surface area contributed by atoms with Gasteiger partial charge in [-0.2, -0.15) is 0 Å². The summed E-state index contributed by atoms with van der Waals surface area (Å²) >= 11 is 6.06. The second-order valence-electron chi connectivity index (χ2n) is 4.44. The predicted octanol–water partition coefficient (Wildman–Crippen LogP) is 3.85. The fourth-order valence-electron chi connectivity index (χ4n) is 2.07. The van der Waals surface area contributed by atoms with E-state index in [0.717, 1.165) is 24.0 Å². The van der Waals surface area contributed by atoms with Crippen LogP contribution >= 0.6 is 11.6 Å². The molecule has 2 aromatic carbocycles. The van der Waals surface area contributed by atoms with Gasteiger partial charge in [-0.3, -0.25) is 0 Å². The Morgan fingerprint density at radius 2 is 1.95 bits per heavy atom. The van der Waals surface area contributed by atoms with E-state index in [2.05, 4.69) is 4.98 Å². The topological polar surface area (TPSA) is 52.0 Å². The summed E-state index contributed by atoms with van der Waals surface area (Å²) in [7, 11) is 0. The van der Waals surface area contributed by atoms with Crippen LogP contribution in [0.15, 0.2) is 46.9 Å². The van der Waals surface area contributed by atoms with Crippen molar-refractivity contribution in [1.29, 1.82) is 0 Å². The maximum Gasteiger partial charge on any atom is 0.195 e. The molecule has 0 aliphatic heterocycles. The van der Waals surface area contributed by atoms with Crippen molar-refractivity contribution < 1.29 is 4.42 Å². The van der Waals surface area contributed by atoms with Crippen LogP contribution in [0.25, 0.3) is 11.1 Å². The number of nitrogen functional groups attached to an aromatic ring is 1. The van der Waals surface area contributed by atoms with Crippen LogP contribution < -0.4 is 5.73 Å². The summed E-state index contributed by atoms with van der Waals surface area (Å²) < 4.78 is 5.68. The van der Waals surface area contributed by atoms with Crippen LogP contribution in [0.3, 0.4) is 0 Å². The monoisotopic (exact) mass is 272 g/mol. The highest BCUT2D eigenvalue weighted by Crippen LogP contribution is 2.24. The van der Waals surface area contributed by atoms with Crippen molar-refractivity contribution in [2.24, 2.45) is 0 Å². The summed E-state index contributed by atoms with van der Waals surface area (Å²) in [6, 6.07) is 13.4. The molecule has 0 spiro atoms. The molecule has 3 aromatic rings. The van der Waals surface area contributed by atoms with Crippen molar-refractivity contribution in [3.63, 3.8) is 0 Å². The van der Waals surface area contributed by atoms with E-state index in [9.17, 15) is 0 Å². The van der Waals surface area contributed by atoms with Crippen LogP contribution in [-0.2, 0) is 12.8 Å². The molecule has 0 unspecified atom stereocenters. The van der Waals surface area contributed by atoms with Gasteiger partial charge in [-0.05, 0) is 36.2 Å². The Morgan fingerprint density at radius 3 is 2.74 bits per heavy atom. The number of nitrogens with zero attached hydrogens (tertiary/aromatic N) is 1. The maximum absolute atomic E-state index is 6.06. The number of nitrogens with two attached hydrogens (primary N) is 1. The van der Waals surface area contributed by atoms with Gasteiger partial charge in [-0.25, -0.2) is 4.98 Å². The van der Waals surface area contributed by atoms with E-state index in [1.165, 1.54) is 5.56 Å². The minimum atomic E-state index is 0.597. The van der Waals surface area contributed by atoms with Crippen molar-refractivity contribution in [2.75, 3.05) is 5.73 Å². The average Bonchev–Trinajstić information content (AvgIpc) is 2.81. The third-order valence-electron chi connectivity index (χ3n) is 2.99. The highest BCUT2D eigenvalue weighted by molar-refractivity contribution is 6.34. The number of hydrogen-bond donors (Lipinski definition) is 1. The molecular weight excluding hydrogens is 260 g/mol. The van der Waals surface area contributed by atoms with Crippen molar-refractivity contribution >= 4 is 28.4 Å². The summed E-state index contributed by atoms with van der Waals surface area (Å²) in [5.74, 6) is 0.700. The van der Waals surface area contributed by atoms with E-state index in [4.69, 9.17) is 21.8 Å². The molecule has 1 aromatic heterocycles. The van der Waals surface area contributed by atoms with Crippen molar-refractivity contribution in [2.45, 2.75) is 12.8 Å². The largest absolute Gasteiger partial charge is 0.439 e. The number of oxazole rings is 1. The Kier molecular flexibility index (Phi) is 3.13. The molecule has 0 fully saturated rings. The Balaban J connectivity index is 1.80. The van der Waals surface area contributed by atoms with Crippen LogP contribution in [0.1, 0.15) is 11.5 Å². The van der Waals surface area contributed by atoms with Gasteiger partial charge in [0.05, 0.1) is 5.02 Å². The Hall–Kier alpha value is -2.00. The number of hydrogen-bond acceptors (Lipinski definition) is 3. The highest BCUT2D eigenvalue weighted by Gasteiger charge is 2.08. The maximum atomic E-state index is 6.06. The van der Waals surface area contributed by atoms with E-state index in [1.807, 2.05) is 36.4 Å². The van der Waals surface area contributed by atoms with Crippen molar-refractivity contribution in [3.8, 4) is 0 Å². The van der Waals surface area contributed by atoms with Gasteiger partial charge in [0.15, 0.2) is 11.5 Å². The van der Waals surface area contributed by atoms with Gasteiger partial charge in [0.1, 0.15) is 5.52 Å². The third-order valence-corrected chi connectivity index (χ3v) is 3.29. The molecule has 0 atom stereocenters. The summed E-state index contributed by atoms with van der Waals surface area (Å²) in [5, 5.41) is 0.597. The SMILES string of the molecule is Nc1cccc(CCc2nc3cccc(Cl)c3o2)c1. The number of benzene rings is 2. The van der Waals surface area contributed by atoms with Crippen LogP contribution in [-0.4, -0.2) is 4.98 Å². The van der Waals surface area contributed by atoms with Crippen LogP contribution in [0.5, 0.6) is 0 Å². The Morgan fingerprint density at radius 1 is 1.11 bits per heavy atom. The number of rotatable bonds is 3. The van der Waals surface area contributed by atoms with Gasteiger partial charge in [0.2, 0.25) is 0 Å². The summed E-state index contributed by atoms with van der Waals surface area (Å²) in [4.78, 5) is 4.43. The molecular formula is C15H13ClN2O. The van der Waals surface area contributed by atoms with Gasteiger partial charge >= 0.3 is 0 Å². The number of anilines is 1. The molecule has 0 aliphatic rings. The molecule has 0 amide bonds. The Labute approximate surface area is 116 Å². The molecule has 96 valence electrons. The molecule has 0 bridgehead atoms. The number of para-hydroxylation sites is 1. The molecule has 0 radical (unpaired) electrons. The van der Waals surface area contributed by atoms with Gasteiger partial charge in [0, 0.05) is 12.1 Å². The summed E-state index contributed by atoms with van der Waals surface area (Å²) in [6.07, 6.45) is 1.57. The van der Waals surface area contributed by atoms with E-state index >= 15 is 0 Å². The average molecular weight is 273 g/mol. The molecule has 0 saturated heterocycles. The van der Waals surface area contributed by atoms with Crippen molar-refractivity contribution in [1.82, 2.24) is 4.98 Å². The Bertz CT molecular complexity index is 721. The standard InChI is InChI=1S/C15H13ClN2O/c16-12-5-2-6-13-15(12)19-14(18-13)8-7-10-3-1-4-11(17)9-10/h1-6,9H,7-8,17H2. The first kappa shape index (κ1) is 12.1. The lowest BCUT2D eigenvalue weighted by atomic mass is 10.1. The molecule has 4 heteroatoms. The van der Waals surface area contributed by atoms with E-state index < -0.39 is 0 Å². The number of fused-ring (bicyclic) bond motifs is 1. The zero-order valence-electron chi connectivity index (χ0n) is 10.3. The lowest BCUT2D eigenvalue weighted by Gasteiger charge is -1.99. The molecule has 2 N–H and O–H groups in total. The number of halogens is 1. The molecule has 19 heavy (non-hydrogen) atoms.